The molecule has 0 amide bonds. The van der Waals surface area contributed by atoms with Gasteiger partial charge in [-0.25, -0.2) is 0 Å². The molecule has 0 aromatic carbocycles. The number of alkyl halides is 1. The SMILES string of the molecule is O[C@@H]1CCCC[C@H](Cl)/C1=C/Cl. The molecule has 1 nitrogen and oxygen atoms in total. The summed E-state index contributed by atoms with van der Waals surface area (Å²) < 4.78 is 0. The van der Waals surface area contributed by atoms with Gasteiger partial charge in [0, 0.05) is 5.54 Å². The van der Waals surface area contributed by atoms with Crippen LogP contribution in [0.1, 0.15) is 25.7 Å². The second-order valence-electron chi connectivity index (χ2n) is 2.88. The van der Waals surface area contributed by atoms with Crippen LogP contribution < -0.4 is 0 Å². The monoisotopic (exact) mass is 194 g/mol. The third-order valence-corrected chi connectivity index (χ3v) is 2.78. The molecule has 0 radical (unpaired) electrons. The molecule has 1 N–H and O–H groups in total. The van der Waals surface area contributed by atoms with Gasteiger partial charge < -0.3 is 5.11 Å². The molecular weight excluding hydrogens is 183 g/mol. The van der Waals surface area contributed by atoms with Crippen molar-refractivity contribution in [1.29, 1.82) is 0 Å². The van der Waals surface area contributed by atoms with Crippen LogP contribution in [0.4, 0.5) is 0 Å². The number of hydrogen-bond acceptors (Lipinski definition) is 1. The molecule has 1 aliphatic carbocycles. The lowest BCUT2D eigenvalue weighted by Gasteiger charge is -2.13. The molecule has 1 rings (SSSR count). The number of aliphatic hydroxyl groups excluding tert-OH is 1. The fourth-order valence-electron chi connectivity index (χ4n) is 1.34. The van der Waals surface area contributed by atoms with Crippen molar-refractivity contribution in [2.24, 2.45) is 0 Å². The molecule has 0 saturated heterocycles. The molecule has 64 valence electrons. The van der Waals surface area contributed by atoms with Crippen molar-refractivity contribution in [2.75, 3.05) is 0 Å². The van der Waals surface area contributed by atoms with Crippen LogP contribution in [0.2, 0.25) is 0 Å². The normalized spacial score (nSPS) is 37.2. The molecule has 0 spiro atoms. The summed E-state index contributed by atoms with van der Waals surface area (Å²) in [5, 5.41) is 9.42. The van der Waals surface area contributed by atoms with Crippen LogP contribution in [0.15, 0.2) is 11.1 Å². The Balaban J connectivity index is 2.67. The Hall–Kier alpha value is 0.280. The van der Waals surface area contributed by atoms with E-state index in [4.69, 9.17) is 23.2 Å². The lowest BCUT2D eigenvalue weighted by Crippen LogP contribution is -2.14. The van der Waals surface area contributed by atoms with Gasteiger partial charge in [0.2, 0.25) is 0 Å². The van der Waals surface area contributed by atoms with Crippen molar-refractivity contribution >= 4 is 23.2 Å². The minimum atomic E-state index is -0.419. The predicted molar refractivity (Wildman–Crippen MR) is 48.1 cm³/mol. The number of aliphatic hydroxyl groups is 1. The van der Waals surface area contributed by atoms with Gasteiger partial charge in [0.15, 0.2) is 0 Å². The zero-order chi connectivity index (χ0) is 8.27. The number of halogens is 2. The summed E-state index contributed by atoms with van der Waals surface area (Å²) in [6.07, 6.45) is 3.43. The smallest absolute Gasteiger partial charge is 0.0775 e. The van der Waals surface area contributed by atoms with E-state index in [9.17, 15) is 5.11 Å². The maximum absolute atomic E-state index is 9.48. The lowest BCUT2D eigenvalue weighted by atomic mass is 10.1. The molecule has 11 heavy (non-hydrogen) atoms. The second-order valence-corrected chi connectivity index (χ2v) is 3.62. The first-order valence-electron chi connectivity index (χ1n) is 3.88. The Morgan fingerprint density at radius 3 is 2.64 bits per heavy atom. The van der Waals surface area contributed by atoms with Gasteiger partial charge in [-0.15, -0.1) is 11.6 Å². The fourth-order valence-corrected chi connectivity index (χ4v) is 2.07. The van der Waals surface area contributed by atoms with Crippen LogP contribution in [0.3, 0.4) is 0 Å². The van der Waals surface area contributed by atoms with E-state index in [1.807, 2.05) is 0 Å². The summed E-state index contributed by atoms with van der Waals surface area (Å²) in [4.78, 5) is 0. The first-order valence-corrected chi connectivity index (χ1v) is 4.75. The van der Waals surface area contributed by atoms with E-state index in [0.717, 1.165) is 31.3 Å². The Labute approximate surface area is 77.0 Å². The molecular formula is C8H12Cl2O. The standard InChI is InChI=1S/C8H12Cl2O/c9-5-6-7(10)3-1-2-4-8(6)11/h5,7-8,11H,1-4H2/b6-5-/t7-,8+/m0/s1. The Kier molecular flexibility index (Phi) is 3.70. The Morgan fingerprint density at radius 2 is 2.00 bits per heavy atom. The Bertz CT molecular complexity index is 142. The Morgan fingerprint density at radius 1 is 1.36 bits per heavy atom. The van der Waals surface area contributed by atoms with Crippen LogP contribution in [0, 0.1) is 0 Å². The van der Waals surface area contributed by atoms with Crippen molar-refractivity contribution in [3.05, 3.63) is 11.1 Å². The van der Waals surface area contributed by atoms with Gasteiger partial charge in [0.25, 0.3) is 0 Å². The molecule has 0 aromatic heterocycles. The molecule has 1 aliphatic rings. The van der Waals surface area contributed by atoms with Crippen LogP contribution >= 0.6 is 23.2 Å². The van der Waals surface area contributed by atoms with E-state index < -0.39 is 6.10 Å². The van der Waals surface area contributed by atoms with E-state index in [1.165, 1.54) is 5.54 Å². The van der Waals surface area contributed by atoms with Gasteiger partial charge in [0.05, 0.1) is 11.5 Å². The highest BCUT2D eigenvalue weighted by Gasteiger charge is 2.21. The predicted octanol–water partition coefficient (Wildman–Crippen LogP) is 2.65. The third kappa shape index (κ3) is 2.36. The molecule has 2 atom stereocenters. The van der Waals surface area contributed by atoms with Crippen molar-refractivity contribution in [1.82, 2.24) is 0 Å². The largest absolute Gasteiger partial charge is 0.389 e. The van der Waals surface area contributed by atoms with E-state index in [0.29, 0.717) is 0 Å². The fraction of sp³-hybridized carbons (Fsp3) is 0.750. The van der Waals surface area contributed by atoms with Crippen LogP contribution in [0.5, 0.6) is 0 Å². The summed E-state index contributed by atoms with van der Waals surface area (Å²) >= 11 is 11.5. The van der Waals surface area contributed by atoms with E-state index in [1.54, 1.807) is 0 Å². The molecule has 0 aromatic rings. The van der Waals surface area contributed by atoms with Crippen molar-refractivity contribution in [3.63, 3.8) is 0 Å². The van der Waals surface area contributed by atoms with Crippen LogP contribution in [-0.2, 0) is 0 Å². The zero-order valence-corrected chi connectivity index (χ0v) is 7.78. The van der Waals surface area contributed by atoms with Crippen LogP contribution in [-0.4, -0.2) is 16.6 Å². The second kappa shape index (κ2) is 4.34. The molecule has 0 bridgehead atoms. The molecule has 0 aliphatic heterocycles. The highest BCUT2D eigenvalue weighted by atomic mass is 35.5. The minimum Gasteiger partial charge on any atom is -0.389 e. The topological polar surface area (TPSA) is 20.2 Å². The summed E-state index contributed by atoms with van der Waals surface area (Å²) in [6.45, 7) is 0. The lowest BCUT2D eigenvalue weighted by molar-refractivity contribution is 0.200. The van der Waals surface area contributed by atoms with Gasteiger partial charge >= 0.3 is 0 Å². The van der Waals surface area contributed by atoms with Gasteiger partial charge in [-0.1, -0.05) is 24.4 Å². The van der Waals surface area contributed by atoms with Crippen molar-refractivity contribution in [3.8, 4) is 0 Å². The third-order valence-electron chi connectivity index (χ3n) is 2.06. The zero-order valence-electron chi connectivity index (χ0n) is 6.26. The molecule has 3 heteroatoms. The molecule has 1 fully saturated rings. The summed E-state index contributed by atoms with van der Waals surface area (Å²) in [5.41, 5.74) is 2.21. The molecule has 1 saturated carbocycles. The quantitative estimate of drug-likeness (QED) is 0.465. The first-order chi connectivity index (χ1) is 5.25. The van der Waals surface area contributed by atoms with Gasteiger partial charge in [-0.05, 0) is 18.4 Å². The highest BCUT2D eigenvalue weighted by molar-refractivity contribution is 6.28. The first kappa shape index (κ1) is 9.37. The van der Waals surface area contributed by atoms with Crippen LogP contribution in [0.25, 0.3) is 0 Å². The van der Waals surface area contributed by atoms with Gasteiger partial charge in [-0.3, -0.25) is 0 Å². The summed E-state index contributed by atoms with van der Waals surface area (Å²) in [5.74, 6) is 0. The van der Waals surface area contributed by atoms with E-state index in [2.05, 4.69) is 0 Å². The highest BCUT2D eigenvalue weighted by Crippen LogP contribution is 2.27. The van der Waals surface area contributed by atoms with Gasteiger partial charge in [0.1, 0.15) is 0 Å². The van der Waals surface area contributed by atoms with Gasteiger partial charge in [-0.2, -0.15) is 0 Å². The average Bonchev–Trinajstić information content (AvgIpc) is 2.12. The summed E-state index contributed by atoms with van der Waals surface area (Å²) in [6, 6.07) is 0. The molecule has 0 heterocycles. The maximum Gasteiger partial charge on any atom is 0.0775 e. The minimum absolute atomic E-state index is 0.0648. The van der Waals surface area contributed by atoms with E-state index in [-0.39, 0.29) is 5.38 Å². The van der Waals surface area contributed by atoms with Crippen molar-refractivity contribution in [2.45, 2.75) is 37.2 Å². The average molecular weight is 195 g/mol. The summed E-state index contributed by atoms with van der Waals surface area (Å²) in [7, 11) is 0. The molecule has 0 unspecified atom stereocenters. The number of rotatable bonds is 0. The van der Waals surface area contributed by atoms with E-state index >= 15 is 0 Å². The number of hydrogen-bond donors (Lipinski definition) is 1. The maximum atomic E-state index is 9.48. The van der Waals surface area contributed by atoms with Crippen molar-refractivity contribution < 1.29 is 5.11 Å².